The summed E-state index contributed by atoms with van der Waals surface area (Å²) in [6.07, 6.45) is 0. The highest BCUT2D eigenvalue weighted by molar-refractivity contribution is 7.94. The summed E-state index contributed by atoms with van der Waals surface area (Å²) < 4.78 is 43.7. The van der Waals surface area contributed by atoms with E-state index in [4.69, 9.17) is 14.0 Å². The Kier molecular flexibility index (Phi) is 6.20. The fourth-order valence-electron chi connectivity index (χ4n) is 2.90. The molecule has 0 atom stereocenters. The van der Waals surface area contributed by atoms with Crippen LogP contribution in [0.15, 0.2) is 44.4 Å². The van der Waals surface area contributed by atoms with Gasteiger partial charge >= 0.3 is 11.8 Å². The number of morpholine rings is 1. The normalized spacial score (nSPS) is 14.4. The molecule has 3 heterocycles. The van der Waals surface area contributed by atoms with Gasteiger partial charge in [0.1, 0.15) is 9.96 Å². The summed E-state index contributed by atoms with van der Waals surface area (Å²) in [5.74, 6) is 0.293. The Balaban J connectivity index is 1.47. The Morgan fingerprint density at radius 1 is 1.26 bits per heavy atom. The average Bonchev–Trinajstić information content (AvgIpc) is 3.45. The Morgan fingerprint density at radius 3 is 2.71 bits per heavy atom. The zero-order valence-electron chi connectivity index (χ0n) is 16.6. The minimum absolute atomic E-state index is 0.0854. The van der Waals surface area contributed by atoms with Crippen molar-refractivity contribution in [3.05, 3.63) is 41.6 Å². The van der Waals surface area contributed by atoms with Crippen LogP contribution in [0.4, 0.5) is 5.69 Å². The molecule has 1 aliphatic rings. The monoisotopic (exact) mass is 464 g/mol. The van der Waals surface area contributed by atoms with E-state index in [1.165, 1.54) is 6.07 Å². The van der Waals surface area contributed by atoms with E-state index in [0.717, 1.165) is 11.3 Å². The maximum absolute atomic E-state index is 12.7. The first-order chi connectivity index (χ1) is 15.0. The molecule has 1 N–H and O–H groups in total. The van der Waals surface area contributed by atoms with Gasteiger partial charge in [0, 0.05) is 29.7 Å². The minimum atomic E-state index is -3.80. The van der Waals surface area contributed by atoms with E-state index in [0.29, 0.717) is 49.9 Å². The van der Waals surface area contributed by atoms with Gasteiger partial charge in [-0.15, -0.1) is 11.3 Å². The van der Waals surface area contributed by atoms with Gasteiger partial charge in [0.05, 0.1) is 19.8 Å². The van der Waals surface area contributed by atoms with Crippen LogP contribution in [0.5, 0.6) is 5.75 Å². The lowest BCUT2D eigenvalue weighted by Gasteiger charge is -2.25. The molecule has 0 radical (unpaired) electrons. The van der Waals surface area contributed by atoms with E-state index in [9.17, 15) is 13.2 Å². The number of amides is 1. The highest BCUT2D eigenvalue weighted by Crippen LogP contribution is 2.29. The zero-order chi connectivity index (χ0) is 21.8. The van der Waals surface area contributed by atoms with Crippen molar-refractivity contribution in [3.63, 3.8) is 0 Å². The number of rotatable bonds is 7. The molecule has 1 saturated heterocycles. The molecule has 0 unspecified atom stereocenters. The quantitative estimate of drug-likeness (QED) is 0.566. The number of carbonyl (C=O) groups is 1. The first-order valence-electron chi connectivity index (χ1n) is 9.51. The third kappa shape index (κ3) is 4.86. The first-order valence-corrected chi connectivity index (χ1v) is 11.9. The molecule has 2 aromatic heterocycles. The summed E-state index contributed by atoms with van der Waals surface area (Å²) in [5, 5.41) is 5.42. The van der Waals surface area contributed by atoms with Gasteiger partial charge < -0.3 is 18.9 Å². The maximum atomic E-state index is 12.7. The zero-order valence-corrected chi connectivity index (χ0v) is 18.2. The molecular weight excluding hydrogens is 444 g/mol. The fourth-order valence-corrected chi connectivity index (χ4v) is 5.11. The lowest BCUT2D eigenvalue weighted by Crippen LogP contribution is -2.40. The third-order valence-electron chi connectivity index (χ3n) is 4.42. The van der Waals surface area contributed by atoms with Gasteiger partial charge in [0.15, 0.2) is 0 Å². The smallest absolute Gasteiger partial charge is 0.316 e. The summed E-state index contributed by atoms with van der Waals surface area (Å²) >= 11 is 1.02. The molecule has 1 aromatic carbocycles. The fraction of sp³-hybridized carbons (Fsp3) is 0.316. The van der Waals surface area contributed by atoms with Crippen molar-refractivity contribution < 1.29 is 27.2 Å². The topological polar surface area (TPSA) is 124 Å². The van der Waals surface area contributed by atoms with Crippen molar-refractivity contribution >= 4 is 33.0 Å². The molecule has 1 aliphatic heterocycles. The van der Waals surface area contributed by atoms with Crippen molar-refractivity contribution in [3.8, 4) is 17.1 Å². The highest BCUT2D eigenvalue weighted by Gasteiger charge is 2.25. The Labute approximate surface area is 182 Å². The second kappa shape index (κ2) is 9.04. The molecule has 31 heavy (non-hydrogen) atoms. The van der Waals surface area contributed by atoms with Crippen molar-refractivity contribution in [2.24, 2.45) is 0 Å². The van der Waals surface area contributed by atoms with Crippen LogP contribution in [0.3, 0.4) is 0 Å². The van der Waals surface area contributed by atoms with Crippen LogP contribution in [0.25, 0.3) is 11.4 Å². The number of benzene rings is 1. The van der Waals surface area contributed by atoms with E-state index in [1.807, 2.05) is 6.92 Å². The summed E-state index contributed by atoms with van der Waals surface area (Å²) in [6.45, 7) is 4.22. The van der Waals surface area contributed by atoms with Crippen LogP contribution >= 0.6 is 11.3 Å². The predicted octanol–water partition coefficient (Wildman–Crippen LogP) is 2.47. The number of aromatic nitrogens is 2. The van der Waals surface area contributed by atoms with E-state index in [2.05, 4.69) is 14.9 Å². The number of sulfonamides is 1. The minimum Gasteiger partial charge on any atom is -0.494 e. The lowest BCUT2D eigenvalue weighted by molar-refractivity contribution is 0.0272. The summed E-state index contributed by atoms with van der Waals surface area (Å²) in [4.78, 5) is 18.1. The van der Waals surface area contributed by atoms with Gasteiger partial charge in [0.25, 0.3) is 10.0 Å². The largest absolute Gasteiger partial charge is 0.494 e. The van der Waals surface area contributed by atoms with E-state index in [1.54, 1.807) is 34.5 Å². The van der Waals surface area contributed by atoms with Gasteiger partial charge in [-0.25, -0.2) is 8.42 Å². The Morgan fingerprint density at radius 2 is 2.00 bits per heavy atom. The highest BCUT2D eigenvalue weighted by atomic mass is 32.2. The van der Waals surface area contributed by atoms with Gasteiger partial charge in [-0.3, -0.25) is 9.52 Å². The van der Waals surface area contributed by atoms with Gasteiger partial charge in [-0.1, -0.05) is 5.16 Å². The molecule has 0 saturated carbocycles. The molecule has 12 heteroatoms. The second-order valence-electron chi connectivity index (χ2n) is 6.55. The number of hydrogen-bond acceptors (Lipinski definition) is 9. The number of carbonyl (C=O) groups excluding carboxylic acids is 1. The SMILES string of the molecule is CCOc1ccc(NS(=O)(=O)c2cc(-c3noc(C(=O)N4CCOCC4)n3)cs2)cc1. The third-order valence-corrected chi connectivity index (χ3v) is 7.24. The van der Waals surface area contributed by atoms with E-state index in [-0.39, 0.29) is 21.8 Å². The van der Waals surface area contributed by atoms with Gasteiger partial charge in [-0.05, 0) is 37.3 Å². The first kappa shape index (κ1) is 21.3. The molecule has 0 spiro atoms. The number of nitrogens with one attached hydrogen (secondary N) is 1. The Bertz CT molecular complexity index is 1150. The summed E-state index contributed by atoms with van der Waals surface area (Å²) in [5.41, 5.74) is 0.859. The molecule has 0 aliphatic carbocycles. The van der Waals surface area contributed by atoms with Crippen molar-refractivity contribution in [1.29, 1.82) is 0 Å². The number of anilines is 1. The van der Waals surface area contributed by atoms with Gasteiger partial charge in [0.2, 0.25) is 5.82 Å². The average molecular weight is 465 g/mol. The molecular formula is C19H20N4O6S2. The van der Waals surface area contributed by atoms with Crippen LogP contribution < -0.4 is 9.46 Å². The molecule has 4 rings (SSSR count). The van der Waals surface area contributed by atoms with Gasteiger partial charge in [-0.2, -0.15) is 4.98 Å². The van der Waals surface area contributed by atoms with E-state index >= 15 is 0 Å². The molecule has 3 aromatic rings. The van der Waals surface area contributed by atoms with Crippen LogP contribution in [0.2, 0.25) is 0 Å². The van der Waals surface area contributed by atoms with Crippen LogP contribution in [0.1, 0.15) is 17.6 Å². The second-order valence-corrected chi connectivity index (χ2v) is 9.37. The molecule has 1 fully saturated rings. The van der Waals surface area contributed by atoms with Crippen molar-refractivity contribution in [1.82, 2.24) is 15.0 Å². The standard InChI is InChI=1S/C19H20N4O6S2/c1-2-28-15-5-3-14(4-6-15)22-31(25,26)16-11-13(12-30-16)17-20-18(29-21-17)19(24)23-7-9-27-10-8-23/h3-6,11-12,22H,2,7-10H2,1H3. The number of thiophene rings is 1. The number of hydrogen-bond donors (Lipinski definition) is 1. The number of nitrogens with zero attached hydrogens (tertiary/aromatic N) is 3. The molecule has 10 nitrogen and oxygen atoms in total. The van der Waals surface area contributed by atoms with E-state index < -0.39 is 10.0 Å². The van der Waals surface area contributed by atoms with Crippen LogP contribution in [0, 0.1) is 0 Å². The lowest BCUT2D eigenvalue weighted by atomic mass is 10.3. The van der Waals surface area contributed by atoms with Crippen molar-refractivity contribution in [2.45, 2.75) is 11.1 Å². The summed E-state index contributed by atoms with van der Waals surface area (Å²) in [7, 11) is -3.80. The molecule has 0 bridgehead atoms. The van der Waals surface area contributed by atoms with Crippen LogP contribution in [-0.4, -0.2) is 62.3 Å². The molecule has 164 valence electrons. The maximum Gasteiger partial charge on any atom is 0.316 e. The summed E-state index contributed by atoms with van der Waals surface area (Å²) in [6, 6.07) is 8.07. The van der Waals surface area contributed by atoms with Crippen molar-refractivity contribution in [2.75, 3.05) is 37.6 Å². The predicted molar refractivity (Wildman–Crippen MR) is 113 cm³/mol. The van der Waals surface area contributed by atoms with Crippen LogP contribution in [-0.2, 0) is 14.8 Å². The number of ether oxygens (including phenoxy) is 2. The molecule has 1 amide bonds. The Hall–Kier alpha value is -2.96.